The molecule has 3 N–H and O–H groups in total. The highest BCUT2D eigenvalue weighted by atomic mass is 79.9. The van der Waals surface area contributed by atoms with Crippen LogP contribution in [0.3, 0.4) is 0 Å². The first kappa shape index (κ1) is 13.1. The number of furan rings is 1. The van der Waals surface area contributed by atoms with Crippen molar-refractivity contribution in [3.05, 3.63) is 52.4 Å². The summed E-state index contributed by atoms with van der Waals surface area (Å²) < 4.78 is 11.4. The Balaban J connectivity index is 2.26. The predicted molar refractivity (Wildman–Crippen MR) is 73.2 cm³/mol. The van der Waals surface area contributed by atoms with Crippen LogP contribution in [0.15, 0.2) is 45.7 Å². The van der Waals surface area contributed by atoms with Crippen LogP contribution in [-0.2, 0) is 6.42 Å². The number of nitrogens with two attached hydrogens (primary N) is 1. The molecule has 1 aromatic heterocycles. The third kappa shape index (κ3) is 2.93. The molecule has 5 heteroatoms. The van der Waals surface area contributed by atoms with Gasteiger partial charge in [-0.05, 0) is 30.2 Å². The number of benzene rings is 1. The van der Waals surface area contributed by atoms with Gasteiger partial charge in [-0.3, -0.25) is 11.3 Å². The van der Waals surface area contributed by atoms with Crippen LogP contribution in [0.5, 0.6) is 5.75 Å². The van der Waals surface area contributed by atoms with Crippen molar-refractivity contribution in [3.63, 3.8) is 0 Å². The molecule has 1 atom stereocenters. The molecule has 0 saturated heterocycles. The number of hydrogen-bond donors (Lipinski definition) is 2. The number of hydrogen-bond acceptors (Lipinski definition) is 4. The molecule has 0 fully saturated rings. The van der Waals surface area contributed by atoms with Crippen LogP contribution in [0, 0.1) is 0 Å². The molecule has 1 unspecified atom stereocenters. The molecular weight excluding hydrogens is 296 g/mol. The van der Waals surface area contributed by atoms with E-state index in [2.05, 4.69) is 21.4 Å². The van der Waals surface area contributed by atoms with Crippen molar-refractivity contribution in [1.29, 1.82) is 0 Å². The molecule has 96 valence electrons. The SMILES string of the molecule is COc1cc(Br)ccc1C(Cc1ccoc1)NN. The molecule has 0 aliphatic heterocycles. The lowest BCUT2D eigenvalue weighted by molar-refractivity contribution is 0.398. The minimum atomic E-state index is -0.0225. The third-order valence-electron chi connectivity index (χ3n) is 2.79. The van der Waals surface area contributed by atoms with Crippen LogP contribution in [0.2, 0.25) is 0 Å². The maximum atomic E-state index is 5.64. The molecule has 0 aliphatic rings. The van der Waals surface area contributed by atoms with E-state index >= 15 is 0 Å². The summed E-state index contributed by atoms with van der Waals surface area (Å²) in [5, 5.41) is 0. The van der Waals surface area contributed by atoms with Gasteiger partial charge in [0.05, 0.1) is 25.7 Å². The van der Waals surface area contributed by atoms with E-state index in [1.165, 1.54) is 0 Å². The summed E-state index contributed by atoms with van der Waals surface area (Å²) in [5.74, 6) is 6.44. The lowest BCUT2D eigenvalue weighted by Crippen LogP contribution is -2.29. The van der Waals surface area contributed by atoms with Gasteiger partial charge in [0.15, 0.2) is 0 Å². The number of hydrazine groups is 1. The van der Waals surface area contributed by atoms with Crippen LogP contribution in [0.4, 0.5) is 0 Å². The molecule has 0 saturated carbocycles. The Bertz CT molecular complexity index is 500. The van der Waals surface area contributed by atoms with Gasteiger partial charge in [0.2, 0.25) is 0 Å². The maximum absolute atomic E-state index is 5.64. The molecule has 0 bridgehead atoms. The highest BCUT2D eigenvalue weighted by Crippen LogP contribution is 2.30. The first-order valence-electron chi connectivity index (χ1n) is 5.55. The number of rotatable bonds is 5. The van der Waals surface area contributed by atoms with Crippen molar-refractivity contribution in [2.75, 3.05) is 7.11 Å². The van der Waals surface area contributed by atoms with Crippen LogP contribution in [0.1, 0.15) is 17.2 Å². The Labute approximate surface area is 114 Å². The molecule has 0 spiro atoms. The van der Waals surface area contributed by atoms with Crippen LogP contribution in [-0.4, -0.2) is 7.11 Å². The number of methoxy groups -OCH3 is 1. The molecule has 2 aromatic rings. The normalized spacial score (nSPS) is 12.4. The van der Waals surface area contributed by atoms with Crippen LogP contribution >= 0.6 is 15.9 Å². The fourth-order valence-electron chi connectivity index (χ4n) is 1.88. The first-order valence-corrected chi connectivity index (χ1v) is 6.34. The summed E-state index contributed by atoms with van der Waals surface area (Å²) >= 11 is 3.42. The fourth-order valence-corrected chi connectivity index (χ4v) is 2.22. The minimum Gasteiger partial charge on any atom is -0.496 e. The zero-order valence-corrected chi connectivity index (χ0v) is 11.6. The van der Waals surface area contributed by atoms with Crippen LogP contribution in [0.25, 0.3) is 0 Å². The molecule has 2 rings (SSSR count). The second-order valence-corrected chi connectivity index (χ2v) is 4.86. The second kappa shape index (κ2) is 6.04. The van der Waals surface area contributed by atoms with Gasteiger partial charge in [-0.25, -0.2) is 0 Å². The van der Waals surface area contributed by atoms with Crippen molar-refractivity contribution in [2.45, 2.75) is 12.5 Å². The second-order valence-electron chi connectivity index (χ2n) is 3.94. The van der Waals surface area contributed by atoms with Crippen molar-refractivity contribution >= 4 is 15.9 Å². The van der Waals surface area contributed by atoms with Gasteiger partial charge >= 0.3 is 0 Å². The van der Waals surface area contributed by atoms with E-state index in [1.807, 2.05) is 24.3 Å². The van der Waals surface area contributed by atoms with Gasteiger partial charge in [0.1, 0.15) is 5.75 Å². The van der Waals surface area contributed by atoms with E-state index in [-0.39, 0.29) is 6.04 Å². The van der Waals surface area contributed by atoms with E-state index < -0.39 is 0 Å². The maximum Gasteiger partial charge on any atom is 0.124 e. The van der Waals surface area contributed by atoms with E-state index in [0.29, 0.717) is 0 Å². The van der Waals surface area contributed by atoms with Crippen molar-refractivity contribution in [3.8, 4) is 5.75 Å². The Morgan fingerprint density at radius 3 is 2.89 bits per heavy atom. The van der Waals surface area contributed by atoms with Crippen molar-refractivity contribution < 1.29 is 9.15 Å². The topological polar surface area (TPSA) is 60.4 Å². The molecular formula is C13H15BrN2O2. The predicted octanol–water partition coefficient (Wildman–Crippen LogP) is 2.80. The fraction of sp³-hybridized carbons (Fsp3) is 0.231. The molecule has 18 heavy (non-hydrogen) atoms. The largest absolute Gasteiger partial charge is 0.496 e. The average Bonchev–Trinajstić information content (AvgIpc) is 2.89. The Hall–Kier alpha value is -1.30. The zero-order valence-electron chi connectivity index (χ0n) is 10.0. The summed E-state index contributed by atoms with van der Waals surface area (Å²) in [7, 11) is 1.65. The number of nitrogens with one attached hydrogen (secondary N) is 1. The monoisotopic (exact) mass is 310 g/mol. The van der Waals surface area contributed by atoms with E-state index in [0.717, 1.165) is 27.8 Å². The summed E-state index contributed by atoms with van der Waals surface area (Å²) in [5.41, 5.74) is 4.92. The molecule has 0 radical (unpaired) electrons. The average molecular weight is 311 g/mol. The van der Waals surface area contributed by atoms with E-state index in [1.54, 1.807) is 19.6 Å². The Kier molecular flexibility index (Phi) is 4.41. The van der Waals surface area contributed by atoms with E-state index in [4.69, 9.17) is 15.0 Å². The minimum absolute atomic E-state index is 0.0225. The van der Waals surface area contributed by atoms with Gasteiger partial charge in [0, 0.05) is 10.0 Å². The summed E-state index contributed by atoms with van der Waals surface area (Å²) in [4.78, 5) is 0. The lowest BCUT2D eigenvalue weighted by Gasteiger charge is -2.18. The van der Waals surface area contributed by atoms with Crippen molar-refractivity contribution in [2.24, 2.45) is 5.84 Å². The first-order chi connectivity index (χ1) is 8.74. The molecule has 1 aromatic carbocycles. The summed E-state index contributed by atoms with van der Waals surface area (Å²) in [6.07, 6.45) is 4.11. The highest BCUT2D eigenvalue weighted by Gasteiger charge is 2.16. The van der Waals surface area contributed by atoms with Gasteiger partial charge in [-0.1, -0.05) is 22.0 Å². The molecule has 0 aliphatic carbocycles. The van der Waals surface area contributed by atoms with Gasteiger partial charge < -0.3 is 9.15 Å². The van der Waals surface area contributed by atoms with Gasteiger partial charge in [-0.15, -0.1) is 0 Å². The smallest absolute Gasteiger partial charge is 0.124 e. The third-order valence-corrected chi connectivity index (χ3v) is 3.29. The molecule has 0 amide bonds. The standard InChI is InChI=1S/C13H15BrN2O2/c1-17-13-7-10(14)2-3-11(13)12(16-15)6-9-4-5-18-8-9/h2-5,7-8,12,16H,6,15H2,1H3. The van der Waals surface area contributed by atoms with E-state index in [9.17, 15) is 0 Å². The summed E-state index contributed by atoms with van der Waals surface area (Å²) in [6.45, 7) is 0. The lowest BCUT2D eigenvalue weighted by atomic mass is 10.0. The van der Waals surface area contributed by atoms with Crippen LogP contribution < -0.4 is 16.0 Å². The highest BCUT2D eigenvalue weighted by molar-refractivity contribution is 9.10. The van der Waals surface area contributed by atoms with Crippen molar-refractivity contribution in [1.82, 2.24) is 5.43 Å². The van der Waals surface area contributed by atoms with Gasteiger partial charge in [0.25, 0.3) is 0 Å². The summed E-state index contributed by atoms with van der Waals surface area (Å²) in [6, 6.07) is 7.79. The molecule has 1 heterocycles. The Morgan fingerprint density at radius 2 is 2.28 bits per heavy atom. The number of halogens is 1. The number of ether oxygens (including phenoxy) is 1. The Morgan fingerprint density at radius 1 is 1.44 bits per heavy atom. The van der Waals surface area contributed by atoms with Gasteiger partial charge in [-0.2, -0.15) is 0 Å². The molecule has 4 nitrogen and oxygen atoms in total. The quantitative estimate of drug-likeness (QED) is 0.658. The zero-order chi connectivity index (χ0) is 13.0.